The first-order valence-corrected chi connectivity index (χ1v) is 12.1. The van der Waals surface area contributed by atoms with Crippen LogP contribution in [-0.4, -0.2) is 32.8 Å². The van der Waals surface area contributed by atoms with E-state index in [1.54, 1.807) is 20.8 Å². The molecule has 3 rings (SSSR count). The summed E-state index contributed by atoms with van der Waals surface area (Å²) >= 11 is 0. The molecular formula is C28H27F4N7O2. The molecule has 2 heterocycles. The molecule has 0 radical (unpaired) electrons. The number of hydrogen-bond donors (Lipinski definition) is 4. The van der Waals surface area contributed by atoms with Crippen molar-refractivity contribution in [2.24, 2.45) is 0 Å². The number of amides is 2. The van der Waals surface area contributed by atoms with Crippen LogP contribution in [0.3, 0.4) is 0 Å². The summed E-state index contributed by atoms with van der Waals surface area (Å²) in [6.45, 7) is 8.79. The molecule has 6 N–H and O–H groups in total. The van der Waals surface area contributed by atoms with E-state index < -0.39 is 35.5 Å². The Labute approximate surface area is 233 Å². The Morgan fingerprint density at radius 2 is 1.73 bits per heavy atom. The number of hydrogen-bond acceptors (Lipinski definition) is 7. The van der Waals surface area contributed by atoms with Crippen LogP contribution in [0.2, 0.25) is 0 Å². The molecule has 0 spiro atoms. The number of benzene rings is 1. The molecule has 0 saturated carbocycles. The fraction of sp³-hybridized carbons (Fsp3) is 0.179. The molecule has 214 valence electrons. The third-order valence-corrected chi connectivity index (χ3v) is 5.42. The van der Waals surface area contributed by atoms with Gasteiger partial charge in [-0.05, 0) is 57.2 Å². The molecule has 0 saturated heterocycles. The average molecular weight is 570 g/mol. The number of aromatic nitrogens is 3. The number of allylic oxidation sites excluding steroid dienone is 4. The number of nitrogens with one attached hydrogen (secondary N) is 2. The molecule has 2 amide bonds. The van der Waals surface area contributed by atoms with Gasteiger partial charge in [-0.15, -0.1) is 0 Å². The van der Waals surface area contributed by atoms with Crippen molar-refractivity contribution in [3.8, 4) is 11.3 Å². The molecule has 3 aromatic rings. The third kappa shape index (κ3) is 7.32. The molecule has 0 bridgehead atoms. The van der Waals surface area contributed by atoms with Gasteiger partial charge in [0.25, 0.3) is 11.8 Å². The van der Waals surface area contributed by atoms with Crippen LogP contribution in [0.4, 0.5) is 29.1 Å². The number of halogens is 4. The first-order chi connectivity index (χ1) is 19.2. The van der Waals surface area contributed by atoms with Gasteiger partial charge in [0.15, 0.2) is 5.69 Å². The molecule has 13 heteroatoms. The Morgan fingerprint density at radius 3 is 2.34 bits per heavy atom. The summed E-state index contributed by atoms with van der Waals surface area (Å²) in [5.41, 5.74) is 11.1. The Bertz CT molecular complexity index is 1560. The van der Waals surface area contributed by atoms with Crippen LogP contribution in [-0.2, 0) is 6.18 Å². The van der Waals surface area contributed by atoms with Crippen molar-refractivity contribution in [2.75, 3.05) is 11.5 Å². The van der Waals surface area contributed by atoms with Gasteiger partial charge in [0.05, 0.1) is 17.1 Å². The van der Waals surface area contributed by atoms with E-state index in [-0.39, 0.29) is 51.2 Å². The number of nitrogens with two attached hydrogens (primary N) is 2. The number of carbonyl (C=O) groups is 2. The van der Waals surface area contributed by atoms with E-state index in [0.29, 0.717) is 0 Å². The maximum atomic E-state index is 14.8. The molecule has 2 aromatic heterocycles. The van der Waals surface area contributed by atoms with Gasteiger partial charge >= 0.3 is 6.18 Å². The lowest BCUT2D eigenvalue weighted by Gasteiger charge is -2.14. The first kappa shape index (κ1) is 30.5. The van der Waals surface area contributed by atoms with E-state index in [4.69, 9.17) is 11.5 Å². The van der Waals surface area contributed by atoms with Gasteiger partial charge in [-0.2, -0.15) is 13.2 Å². The second kappa shape index (κ2) is 12.4. The van der Waals surface area contributed by atoms with Crippen molar-refractivity contribution in [3.05, 3.63) is 95.5 Å². The highest BCUT2D eigenvalue weighted by Crippen LogP contribution is 2.30. The van der Waals surface area contributed by atoms with E-state index in [9.17, 15) is 27.2 Å². The zero-order valence-corrected chi connectivity index (χ0v) is 22.3. The summed E-state index contributed by atoms with van der Waals surface area (Å²) < 4.78 is 54.7. The molecule has 0 fully saturated rings. The normalized spacial score (nSPS) is 12.3. The highest BCUT2D eigenvalue weighted by molar-refractivity contribution is 6.00. The first-order valence-electron chi connectivity index (χ1n) is 12.1. The lowest BCUT2D eigenvalue weighted by Crippen LogP contribution is -2.30. The molecule has 1 aromatic carbocycles. The predicted octanol–water partition coefficient (Wildman–Crippen LogP) is 4.90. The summed E-state index contributed by atoms with van der Waals surface area (Å²) in [6.07, 6.45) is -0.774. The topological polar surface area (TPSA) is 149 Å². The van der Waals surface area contributed by atoms with E-state index in [2.05, 4.69) is 32.2 Å². The van der Waals surface area contributed by atoms with Crippen molar-refractivity contribution < 1.29 is 27.2 Å². The Morgan fingerprint density at radius 1 is 1.02 bits per heavy atom. The van der Waals surface area contributed by atoms with Crippen molar-refractivity contribution in [1.82, 2.24) is 25.6 Å². The molecule has 41 heavy (non-hydrogen) atoms. The van der Waals surface area contributed by atoms with Crippen molar-refractivity contribution in [1.29, 1.82) is 0 Å². The molecule has 0 aliphatic carbocycles. The average Bonchev–Trinajstić information content (AvgIpc) is 2.89. The highest BCUT2D eigenvalue weighted by Gasteiger charge is 2.35. The number of rotatable bonds is 8. The largest absolute Gasteiger partial charge is 0.451 e. The van der Waals surface area contributed by atoms with Gasteiger partial charge in [-0.1, -0.05) is 18.7 Å². The van der Waals surface area contributed by atoms with E-state index >= 15 is 0 Å². The lowest BCUT2D eigenvalue weighted by molar-refractivity contribution is -0.144. The maximum absolute atomic E-state index is 14.8. The summed E-state index contributed by atoms with van der Waals surface area (Å²) in [5, 5.41) is 5.23. The van der Waals surface area contributed by atoms with E-state index in [1.807, 2.05) is 0 Å². The Kier molecular flexibility index (Phi) is 9.22. The number of anilines is 2. The van der Waals surface area contributed by atoms with Gasteiger partial charge in [-0.3, -0.25) is 9.59 Å². The predicted molar refractivity (Wildman–Crippen MR) is 147 cm³/mol. The minimum atomic E-state index is -4.87. The highest BCUT2D eigenvalue weighted by atomic mass is 19.4. The molecule has 0 unspecified atom stereocenters. The summed E-state index contributed by atoms with van der Waals surface area (Å²) in [7, 11) is 0. The van der Waals surface area contributed by atoms with Crippen LogP contribution in [0.15, 0.2) is 66.9 Å². The summed E-state index contributed by atoms with van der Waals surface area (Å²) in [5.74, 6) is -3.89. The summed E-state index contributed by atoms with van der Waals surface area (Å²) in [4.78, 5) is 36.7. The third-order valence-electron chi connectivity index (χ3n) is 5.42. The lowest BCUT2D eigenvalue weighted by atomic mass is 10.0. The SMILES string of the molecule is C=C/C(NC(=O)c1nc(-c2cc(C(=O)NC(C)C)ccc2F)ccc1N)=C(\C=C/C)c1cc(N)nc(C(F)(F)F)n1. The smallest absolute Gasteiger partial charge is 0.397 e. The van der Waals surface area contributed by atoms with Crippen LogP contribution in [0.25, 0.3) is 16.8 Å². The number of alkyl halides is 3. The molecule has 0 aliphatic heterocycles. The van der Waals surface area contributed by atoms with Crippen molar-refractivity contribution >= 4 is 28.9 Å². The van der Waals surface area contributed by atoms with Crippen molar-refractivity contribution in [2.45, 2.75) is 33.0 Å². The Balaban J connectivity index is 2.06. The van der Waals surface area contributed by atoms with Gasteiger partial charge in [0, 0.05) is 34.5 Å². The fourth-order valence-electron chi connectivity index (χ4n) is 3.63. The summed E-state index contributed by atoms with van der Waals surface area (Å²) in [6, 6.07) is 7.39. The van der Waals surface area contributed by atoms with Gasteiger partial charge in [0.2, 0.25) is 5.82 Å². The number of carbonyl (C=O) groups excluding carboxylic acids is 2. The molecule has 0 atom stereocenters. The Hall–Kier alpha value is -5.07. The van der Waals surface area contributed by atoms with E-state index in [0.717, 1.165) is 12.1 Å². The van der Waals surface area contributed by atoms with E-state index in [1.165, 1.54) is 42.5 Å². The van der Waals surface area contributed by atoms with Gasteiger partial charge < -0.3 is 22.1 Å². The standard InChI is InChI=1S/C28H27F4N7O2/c1-5-7-16(22-13-23(34)39-27(38-22)28(30,31)32)20(6-2)37-26(41)24-19(33)10-11-21(36-24)17-12-15(8-9-18(17)29)25(40)35-14(3)4/h5-14H,2,33H2,1,3-4H3,(H,35,40)(H,37,41)(H2,34,38,39)/b7-5-,20-16-. The van der Waals surface area contributed by atoms with Crippen molar-refractivity contribution in [3.63, 3.8) is 0 Å². The number of nitrogens with zero attached hydrogens (tertiary/aromatic N) is 3. The quantitative estimate of drug-likeness (QED) is 0.223. The minimum absolute atomic E-state index is 0.0113. The fourth-order valence-corrected chi connectivity index (χ4v) is 3.63. The maximum Gasteiger partial charge on any atom is 0.451 e. The number of pyridine rings is 1. The second-order valence-corrected chi connectivity index (χ2v) is 8.94. The zero-order chi connectivity index (χ0) is 30.5. The van der Waals surface area contributed by atoms with Crippen LogP contribution < -0.4 is 22.1 Å². The van der Waals surface area contributed by atoms with Crippen LogP contribution in [0.5, 0.6) is 0 Å². The van der Waals surface area contributed by atoms with Crippen LogP contribution in [0, 0.1) is 5.82 Å². The minimum Gasteiger partial charge on any atom is -0.397 e. The van der Waals surface area contributed by atoms with Crippen LogP contribution in [0.1, 0.15) is 53.1 Å². The molecular weight excluding hydrogens is 542 g/mol. The van der Waals surface area contributed by atoms with Gasteiger partial charge in [0.1, 0.15) is 11.6 Å². The van der Waals surface area contributed by atoms with Crippen LogP contribution >= 0.6 is 0 Å². The number of nitrogen functional groups attached to an aromatic ring is 2. The molecule has 9 nitrogen and oxygen atoms in total. The zero-order valence-electron chi connectivity index (χ0n) is 22.3. The monoisotopic (exact) mass is 569 g/mol. The van der Waals surface area contributed by atoms with Gasteiger partial charge in [-0.25, -0.2) is 19.3 Å². The second-order valence-electron chi connectivity index (χ2n) is 8.94. The molecule has 0 aliphatic rings.